The minimum atomic E-state index is -4.78. The summed E-state index contributed by atoms with van der Waals surface area (Å²) in [4.78, 5) is 57.7. The number of fused-ring (bicyclic) bond motifs is 9. The number of nitrogens with zero attached hydrogens (tertiary/aromatic N) is 1. The first-order valence-corrected chi connectivity index (χ1v) is 19.9. The SMILES string of the molecule is NS(=O)(=O)c1ccc(NC(=O)COc2ccc(Br)cc2[C@H]2c3sc(=O)[nH]c3SC3C2[C@H]2C[C@@H]3C3C(=O)N(c4ccccc4C(F)(F)F)C(=O)C32)cc1. The maximum atomic E-state index is 14.1. The van der Waals surface area contributed by atoms with E-state index in [4.69, 9.17) is 9.88 Å². The zero-order valence-corrected chi connectivity index (χ0v) is 30.5. The van der Waals surface area contributed by atoms with Gasteiger partial charge in [-0.05, 0) is 78.8 Å². The molecule has 3 fully saturated rings. The van der Waals surface area contributed by atoms with Crippen molar-refractivity contribution in [2.75, 3.05) is 16.8 Å². The number of thioether (sulfide) groups is 1. The molecule has 2 bridgehead atoms. The summed E-state index contributed by atoms with van der Waals surface area (Å²) in [5.74, 6) is -4.70. The number of anilines is 2. The van der Waals surface area contributed by atoms with Crippen molar-refractivity contribution in [1.82, 2.24) is 4.98 Å². The summed E-state index contributed by atoms with van der Waals surface area (Å²) in [7, 11) is -3.92. The lowest BCUT2D eigenvalue weighted by Gasteiger charge is -2.43. The molecule has 0 spiro atoms. The standard InChI is InChI=1S/C34H26BrF3N4O7S3/c35-14-5-10-22(49-13-23(43)40-15-6-8-16(9-7-15)52(39,47)48)17(11-14)24-25-18-12-19(28(25)50-30-29(24)51-33(46)41-30)27-26(18)31(44)42(32(27)45)21-4-2-1-3-20(21)34(36,37)38/h1-11,18-19,24-28H,12-13H2,(H,40,43)(H,41,46)(H2,39,47,48)/t18-,19-,24-,25?,26?,27?,28?/m1/s1. The molecule has 3 aromatic carbocycles. The number of halogens is 4. The number of thiazole rings is 1. The maximum absolute atomic E-state index is 14.1. The van der Waals surface area contributed by atoms with Crippen LogP contribution in [0.2, 0.25) is 0 Å². The Morgan fingerprint density at radius 2 is 1.71 bits per heavy atom. The predicted molar refractivity (Wildman–Crippen MR) is 189 cm³/mol. The number of H-pyrrole nitrogens is 1. The number of carbonyl (C=O) groups is 3. The van der Waals surface area contributed by atoms with Crippen LogP contribution in [0.4, 0.5) is 24.5 Å². The van der Waals surface area contributed by atoms with Gasteiger partial charge in [-0.1, -0.05) is 39.4 Å². The molecule has 2 saturated carbocycles. The Morgan fingerprint density at radius 1 is 1.02 bits per heavy atom. The number of benzene rings is 3. The Morgan fingerprint density at radius 3 is 2.40 bits per heavy atom. The second kappa shape index (κ2) is 12.6. The fourth-order valence-electron chi connectivity index (χ4n) is 8.47. The van der Waals surface area contributed by atoms with Gasteiger partial charge in [0.2, 0.25) is 21.8 Å². The number of carbonyl (C=O) groups excluding carboxylic acids is 3. The van der Waals surface area contributed by atoms with Crippen molar-refractivity contribution in [3.63, 3.8) is 0 Å². The van der Waals surface area contributed by atoms with Crippen LogP contribution in [0.1, 0.15) is 28.3 Å². The molecule has 2 aliphatic heterocycles. The van der Waals surface area contributed by atoms with E-state index in [1.807, 2.05) is 6.07 Å². The van der Waals surface area contributed by atoms with E-state index in [1.54, 1.807) is 12.1 Å². The zero-order chi connectivity index (χ0) is 36.9. The molecule has 270 valence electrons. The Kier molecular flexibility index (Phi) is 8.48. The summed E-state index contributed by atoms with van der Waals surface area (Å²) in [5.41, 5.74) is -0.596. The molecule has 18 heteroatoms. The van der Waals surface area contributed by atoms with Gasteiger partial charge in [0.05, 0.1) is 33.0 Å². The molecule has 0 radical (unpaired) electrons. The lowest BCUT2D eigenvalue weighted by atomic mass is 9.68. The number of para-hydroxylation sites is 1. The lowest BCUT2D eigenvalue weighted by Crippen LogP contribution is -2.42. The number of rotatable bonds is 7. The normalized spacial score (nSPS) is 26.2. The van der Waals surface area contributed by atoms with Gasteiger partial charge < -0.3 is 15.0 Å². The fraction of sp³-hybridized carbons (Fsp3) is 0.294. The van der Waals surface area contributed by atoms with Crippen molar-refractivity contribution in [3.05, 3.63) is 96.9 Å². The second-order valence-electron chi connectivity index (χ2n) is 13.1. The minimum absolute atomic E-state index is 0.119. The highest BCUT2D eigenvalue weighted by Gasteiger charge is 2.70. The van der Waals surface area contributed by atoms with E-state index in [0.29, 0.717) is 37.8 Å². The molecule has 7 atom stereocenters. The predicted octanol–water partition coefficient (Wildman–Crippen LogP) is 5.56. The average molecular weight is 836 g/mol. The van der Waals surface area contributed by atoms with Crippen LogP contribution in [0.3, 0.4) is 0 Å². The van der Waals surface area contributed by atoms with Crippen molar-refractivity contribution in [1.29, 1.82) is 0 Å². The number of amides is 3. The molecule has 4 aliphatic rings. The number of imide groups is 1. The Bertz CT molecular complexity index is 2330. The summed E-state index contributed by atoms with van der Waals surface area (Å²) in [6.07, 6.45) is -4.27. The zero-order valence-electron chi connectivity index (χ0n) is 26.4. The van der Waals surface area contributed by atoms with Crippen LogP contribution in [-0.4, -0.2) is 43.0 Å². The van der Waals surface area contributed by atoms with Gasteiger partial charge in [0.1, 0.15) is 5.75 Å². The highest BCUT2D eigenvalue weighted by molar-refractivity contribution is 9.10. The van der Waals surface area contributed by atoms with Crippen LogP contribution in [0.5, 0.6) is 5.75 Å². The third kappa shape index (κ3) is 5.78. The van der Waals surface area contributed by atoms with Crippen molar-refractivity contribution in [2.45, 2.75) is 33.7 Å². The largest absolute Gasteiger partial charge is 0.483 e. The molecule has 1 saturated heterocycles. The van der Waals surface area contributed by atoms with Crippen LogP contribution in [0, 0.1) is 29.6 Å². The molecular formula is C34H26BrF3N4O7S3. The summed E-state index contributed by atoms with van der Waals surface area (Å²) < 4.78 is 72.0. The number of nitrogens with one attached hydrogen (secondary N) is 2. The number of hydrogen-bond acceptors (Lipinski definition) is 9. The number of aromatic amines is 1. The summed E-state index contributed by atoms with van der Waals surface area (Å²) >= 11 is 5.98. The smallest absolute Gasteiger partial charge is 0.418 e. The van der Waals surface area contributed by atoms with Gasteiger partial charge in [0, 0.05) is 31.8 Å². The monoisotopic (exact) mass is 834 g/mol. The first kappa shape index (κ1) is 35.1. The number of sulfonamides is 1. The first-order valence-electron chi connectivity index (χ1n) is 15.9. The number of nitrogens with two attached hydrogens (primary N) is 1. The van der Waals surface area contributed by atoms with Crippen molar-refractivity contribution in [3.8, 4) is 5.75 Å². The van der Waals surface area contributed by atoms with E-state index in [1.165, 1.54) is 48.2 Å². The Balaban J connectivity index is 1.12. The molecule has 8 rings (SSSR count). The average Bonchev–Trinajstić information content (AvgIpc) is 3.82. The van der Waals surface area contributed by atoms with Gasteiger partial charge >= 0.3 is 11.0 Å². The molecule has 4 aromatic rings. The molecule has 3 amide bonds. The van der Waals surface area contributed by atoms with Gasteiger partial charge in [-0.2, -0.15) is 13.2 Å². The summed E-state index contributed by atoms with van der Waals surface area (Å²) in [6.45, 7) is -0.436. The second-order valence-corrected chi connectivity index (χ2v) is 17.8. The molecule has 11 nitrogen and oxygen atoms in total. The molecular weight excluding hydrogens is 809 g/mol. The Labute approximate surface area is 310 Å². The molecule has 1 aromatic heterocycles. The van der Waals surface area contributed by atoms with Crippen LogP contribution in [-0.2, 0) is 30.6 Å². The van der Waals surface area contributed by atoms with E-state index < -0.39 is 75.5 Å². The van der Waals surface area contributed by atoms with Crippen LogP contribution < -0.4 is 25.0 Å². The first-order chi connectivity index (χ1) is 24.6. The maximum Gasteiger partial charge on any atom is 0.418 e. The number of aromatic nitrogens is 1. The van der Waals surface area contributed by atoms with Crippen molar-refractivity contribution >= 4 is 78.1 Å². The molecule has 2 aliphatic carbocycles. The number of hydrogen-bond donors (Lipinski definition) is 3. The van der Waals surface area contributed by atoms with Crippen LogP contribution >= 0.6 is 39.0 Å². The van der Waals surface area contributed by atoms with E-state index in [0.717, 1.165) is 28.4 Å². The van der Waals surface area contributed by atoms with Gasteiger partial charge in [0.25, 0.3) is 5.91 Å². The van der Waals surface area contributed by atoms with Crippen molar-refractivity contribution in [2.24, 2.45) is 34.7 Å². The summed E-state index contributed by atoms with van der Waals surface area (Å²) in [5, 5.41) is 8.16. The lowest BCUT2D eigenvalue weighted by molar-refractivity contribution is -0.137. The highest BCUT2D eigenvalue weighted by Crippen LogP contribution is 2.69. The third-order valence-corrected chi connectivity index (χ3v) is 14.3. The molecule has 4 N–H and O–H groups in total. The van der Waals surface area contributed by atoms with E-state index in [2.05, 4.69) is 26.2 Å². The fourth-order valence-corrected chi connectivity index (χ4v) is 12.2. The molecule has 4 unspecified atom stereocenters. The quantitative estimate of drug-likeness (QED) is 0.204. The van der Waals surface area contributed by atoms with Crippen LogP contribution in [0.25, 0.3) is 0 Å². The highest BCUT2D eigenvalue weighted by atomic mass is 79.9. The Hall–Kier alpha value is -3.97. The van der Waals surface area contributed by atoms with Crippen molar-refractivity contribution < 1.29 is 40.7 Å². The topological polar surface area (TPSA) is 169 Å². The molecule has 3 heterocycles. The van der Waals surface area contributed by atoms with E-state index in [9.17, 15) is 40.8 Å². The van der Waals surface area contributed by atoms with E-state index in [-0.39, 0.29) is 26.9 Å². The minimum Gasteiger partial charge on any atom is -0.483 e. The van der Waals surface area contributed by atoms with Gasteiger partial charge in [0.15, 0.2) is 6.61 Å². The number of primary sulfonamides is 1. The number of alkyl halides is 3. The van der Waals surface area contributed by atoms with Gasteiger partial charge in [-0.15, -0.1) is 11.8 Å². The van der Waals surface area contributed by atoms with Crippen LogP contribution in [0.15, 0.2) is 85.9 Å². The summed E-state index contributed by atoms with van der Waals surface area (Å²) in [6, 6.07) is 15.1. The number of ether oxygens (including phenoxy) is 1. The van der Waals surface area contributed by atoms with Gasteiger partial charge in [-0.3, -0.25) is 19.2 Å². The third-order valence-electron chi connectivity index (χ3n) is 10.3. The van der Waals surface area contributed by atoms with Gasteiger partial charge in [-0.25, -0.2) is 18.5 Å². The molecule has 52 heavy (non-hydrogen) atoms. The van der Waals surface area contributed by atoms with E-state index >= 15 is 0 Å².